The molecule has 0 aromatic heterocycles. The molecule has 1 rings (SSSR count). The third kappa shape index (κ3) is 4.98. The van der Waals surface area contributed by atoms with Gasteiger partial charge in [-0.1, -0.05) is 26.2 Å². The van der Waals surface area contributed by atoms with Crippen LogP contribution >= 0.6 is 0 Å². The minimum Gasteiger partial charge on any atom is -0.377 e. The predicted molar refractivity (Wildman–Crippen MR) is 65.1 cm³/mol. The van der Waals surface area contributed by atoms with E-state index in [2.05, 4.69) is 26.1 Å². The van der Waals surface area contributed by atoms with E-state index in [-0.39, 0.29) is 0 Å². The SMILES string of the molecule is CCOC(C)CNCC1CCCCC1C. The van der Waals surface area contributed by atoms with Crippen LogP contribution in [-0.4, -0.2) is 25.8 Å². The van der Waals surface area contributed by atoms with Crippen LogP contribution in [0.3, 0.4) is 0 Å². The molecule has 1 fully saturated rings. The number of nitrogens with one attached hydrogen (secondary N) is 1. The Labute approximate surface area is 94.8 Å². The summed E-state index contributed by atoms with van der Waals surface area (Å²) in [6, 6.07) is 0. The Morgan fingerprint density at radius 3 is 2.73 bits per heavy atom. The van der Waals surface area contributed by atoms with Crippen molar-refractivity contribution in [3.05, 3.63) is 0 Å². The second-order valence-electron chi connectivity index (χ2n) is 4.95. The van der Waals surface area contributed by atoms with E-state index in [1.165, 1.54) is 32.2 Å². The van der Waals surface area contributed by atoms with E-state index in [0.717, 1.165) is 25.0 Å². The second kappa shape index (κ2) is 7.24. The maximum absolute atomic E-state index is 5.50. The Hall–Kier alpha value is -0.0800. The van der Waals surface area contributed by atoms with Crippen molar-refractivity contribution in [2.24, 2.45) is 11.8 Å². The van der Waals surface area contributed by atoms with Gasteiger partial charge in [0, 0.05) is 13.2 Å². The maximum atomic E-state index is 5.50. The molecule has 3 atom stereocenters. The lowest BCUT2D eigenvalue weighted by Gasteiger charge is -2.29. The maximum Gasteiger partial charge on any atom is 0.0671 e. The van der Waals surface area contributed by atoms with Crippen LogP contribution in [0.25, 0.3) is 0 Å². The van der Waals surface area contributed by atoms with Crippen molar-refractivity contribution in [1.29, 1.82) is 0 Å². The van der Waals surface area contributed by atoms with Crippen LogP contribution in [0.4, 0.5) is 0 Å². The minimum absolute atomic E-state index is 0.355. The normalized spacial score (nSPS) is 29.0. The first-order valence-corrected chi connectivity index (χ1v) is 6.56. The predicted octanol–water partition coefficient (Wildman–Crippen LogP) is 2.83. The molecule has 3 unspecified atom stereocenters. The third-order valence-electron chi connectivity index (χ3n) is 3.58. The zero-order valence-corrected chi connectivity index (χ0v) is 10.6. The lowest BCUT2D eigenvalue weighted by Crippen LogP contribution is -2.34. The van der Waals surface area contributed by atoms with Crippen LogP contribution < -0.4 is 5.32 Å². The molecule has 0 aromatic rings. The molecule has 2 heteroatoms. The van der Waals surface area contributed by atoms with E-state index in [9.17, 15) is 0 Å². The Morgan fingerprint density at radius 2 is 2.07 bits per heavy atom. The number of hydrogen-bond donors (Lipinski definition) is 1. The van der Waals surface area contributed by atoms with E-state index in [1.54, 1.807) is 0 Å². The quantitative estimate of drug-likeness (QED) is 0.732. The number of ether oxygens (including phenoxy) is 1. The number of hydrogen-bond acceptors (Lipinski definition) is 2. The molecule has 0 bridgehead atoms. The Balaban J connectivity index is 2.08. The van der Waals surface area contributed by atoms with Crippen LogP contribution in [0.1, 0.15) is 46.5 Å². The minimum atomic E-state index is 0.355. The van der Waals surface area contributed by atoms with Crippen molar-refractivity contribution in [2.45, 2.75) is 52.6 Å². The van der Waals surface area contributed by atoms with Crippen molar-refractivity contribution in [2.75, 3.05) is 19.7 Å². The summed E-state index contributed by atoms with van der Waals surface area (Å²) in [5.41, 5.74) is 0. The molecule has 1 saturated carbocycles. The van der Waals surface area contributed by atoms with Gasteiger partial charge in [0.25, 0.3) is 0 Å². The Kier molecular flexibility index (Phi) is 6.26. The van der Waals surface area contributed by atoms with Crippen LogP contribution in [0.5, 0.6) is 0 Å². The van der Waals surface area contributed by atoms with Gasteiger partial charge in [-0.3, -0.25) is 0 Å². The van der Waals surface area contributed by atoms with Crippen molar-refractivity contribution in [3.63, 3.8) is 0 Å². The Morgan fingerprint density at radius 1 is 1.33 bits per heavy atom. The van der Waals surface area contributed by atoms with Gasteiger partial charge < -0.3 is 10.1 Å². The first-order chi connectivity index (χ1) is 7.24. The second-order valence-corrected chi connectivity index (χ2v) is 4.95. The van der Waals surface area contributed by atoms with Gasteiger partial charge in [0.2, 0.25) is 0 Å². The van der Waals surface area contributed by atoms with E-state index in [1.807, 2.05) is 0 Å². The topological polar surface area (TPSA) is 21.3 Å². The third-order valence-corrected chi connectivity index (χ3v) is 3.58. The monoisotopic (exact) mass is 213 g/mol. The van der Waals surface area contributed by atoms with Gasteiger partial charge in [0.05, 0.1) is 6.10 Å². The van der Waals surface area contributed by atoms with Gasteiger partial charge in [-0.05, 0) is 38.6 Å². The van der Waals surface area contributed by atoms with Gasteiger partial charge >= 0.3 is 0 Å². The van der Waals surface area contributed by atoms with Crippen molar-refractivity contribution in [1.82, 2.24) is 5.32 Å². The summed E-state index contributed by atoms with van der Waals surface area (Å²) in [6.45, 7) is 9.59. The first-order valence-electron chi connectivity index (χ1n) is 6.56. The zero-order chi connectivity index (χ0) is 11.1. The lowest BCUT2D eigenvalue weighted by molar-refractivity contribution is 0.0742. The van der Waals surface area contributed by atoms with Crippen molar-refractivity contribution < 1.29 is 4.74 Å². The molecule has 0 amide bonds. The molecule has 1 aliphatic carbocycles. The van der Waals surface area contributed by atoms with Gasteiger partial charge in [-0.15, -0.1) is 0 Å². The molecule has 90 valence electrons. The fourth-order valence-electron chi connectivity index (χ4n) is 2.51. The molecule has 0 aromatic carbocycles. The van der Waals surface area contributed by atoms with E-state index < -0.39 is 0 Å². The van der Waals surface area contributed by atoms with Gasteiger partial charge in [0.1, 0.15) is 0 Å². The van der Waals surface area contributed by atoms with Crippen LogP contribution in [0.2, 0.25) is 0 Å². The highest BCUT2D eigenvalue weighted by molar-refractivity contribution is 4.74. The number of rotatable bonds is 6. The molecule has 15 heavy (non-hydrogen) atoms. The molecule has 0 aliphatic heterocycles. The van der Waals surface area contributed by atoms with Gasteiger partial charge in [-0.25, -0.2) is 0 Å². The molecule has 1 aliphatic rings. The fraction of sp³-hybridized carbons (Fsp3) is 1.00. The van der Waals surface area contributed by atoms with Crippen molar-refractivity contribution in [3.8, 4) is 0 Å². The van der Waals surface area contributed by atoms with Crippen LogP contribution in [0, 0.1) is 11.8 Å². The highest BCUT2D eigenvalue weighted by atomic mass is 16.5. The first kappa shape index (κ1) is 13.0. The van der Waals surface area contributed by atoms with E-state index in [4.69, 9.17) is 4.74 Å². The molecular weight excluding hydrogens is 186 g/mol. The Bertz CT molecular complexity index is 161. The van der Waals surface area contributed by atoms with Crippen LogP contribution in [0.15, 0.2) is 0 Å². The fourth-order valence-corrected chi connectivity index (χ4v) is 2.51. The average molecular weight is 213 g/mol. The van der Waals surface area contributed by atoms with Gasteiger partial charge in [0.15, 0.2) is 0 Å². The standard InChI is InChI=1S/C13H27NO/c1-4-15-12(3)9-14-10-13-8-6-5-7-11(13)2/h11-14H,4-10H2,1-3H3. The van der Waals surface area contributed by atoms with Crippen LogP contribution in [-0.2, 0) is 4.74 Å². The molecule has 0 saturated heterocycles. The summed E-state index contributed by atoms with van der Waals surface area (Å²) in [7, 11) is 0. The molecule has 0 radical (unpaired) electrons. The zero-order valence-electron chi connectivity index (χ0n) is 10.6. The summed E-state index contributed by atoms with van der Waals surface area (Å²) in [5, 5.41) is 3.55. The molecule has 2 nitrogen and oxygen atoms in total. The highest BCUT2D eigenvalue weighted by Crippen LogP contribution is 2.28. The summed E-state index contributed by atoms with van der Waals surface area (Å²) in [4.78, 5) is 0. The van der Waals surface area contributed by atoms with E-state index in [0.29, 0.717) is 6.10 Å². The molecule has 0 spiro atoms. The summed E-state index contributed by atoms with van der Waals surface area (Å²) >= 11 is 0. The summed E-state index contributed by atoms with van der Waals surface area (Å²) in [5.74, 6) is 1.81. The van der Waals surface area contributed by atoms with E-state index >= 15 is 0 Å². The van der Waals surface area contributed by atoms with Gasteiger partial charge in [-0.2, -0.15) is 0 Å². The molecule has 1 N–H and O–H groups in total. The average Bonchev–Trinajstić information content (AvgIpc) is 2.21. The lowest BCUT2D eigenvalue weighted by atomic mass is 9.80. The largest absolute Gasteiger partial charge is 0.377 e. The van der Waals surface area contributed by atoms with Crippen molar-refractivity contribution >= 4 is 0 Å². The summed E-state index contributed by atoms with van der Waals surface area (Å²) < 4.78 is 5.50. The molecule has 0 heterocycles. The highest BCUT2D eigenvalue weighted by Gasteiger charge is 2.20. The summed E-state index contributed by atoms with van der Waals surface area (Å²) in [6.07, 6.45) is 6.06. The smallest absolute Gasteiger partial charge is 0.0671 e. The molecular formula is C13H27NO.